The minimum Gasteiger partial charge on any atom is -0.488 e. The molecule has 0 spiro atoms. The van der Waals surface area contributed by atoms with Gasteiger partial charge in [0.2, 0.25) is 5.91 Å². The number of nitrogens with one attached hydrogen (secondary N) is 1. The molecule has 1 N–H and O–H groups in total. The van der Waals surface area contributed by atoms with Gasteiger partial charge in [0.1, 0.15) is 11.9 Å². The quantitative estimate of drug-likeness (QED) is 0.492. The Morgan fingerprint density at radius 3 is 2.62 bits per heavy atom. The minimum atomic E-state index is -0.260. The monoisotopic (exact) mass is 502 g/mol. The molecule has 9 nitrogen and oxygen atoms in total. The van der Waals surface area contributed by atoms with E-state index in [-0.39, 0.29) is 23.5 Å². The van der Waals surface area contributed by atoms with Crippen LogP contribution in [-0.4, -0.2) is 55.9 Å². The van der Waals surface area contributed by atoms with Crippen molar-refractivity contribution < 1.29 is 14.3 Å². The Hall–Kier alpha value is -4.01. The number of carbonyl (C=O) groups is 2. The summed E-state index contributed by atoms with van der Waals surface area (Å²) >= 11 is 0. The van der Waals surface area contributed by atoms with Crippen molar-refractivity contribution in [2.45, 2.75) is 58.7 Å². The van der Waals surface area contributed by atoms with E-state index in [1.165, 1.54) is 6.08 Å². The summed E-state index contributed by atoms with van der Waals surface area (Å²) in [6.45, 7) is 13.3. The van der Waals surface area contributed by atoms with Gasteiger partial charge in [-0.05, 0) is 56.5 Å². The van der Waals surface area contributed by atoms with E-state index in [9.17, 15) is 9.59 Å². The third-order valence-corrected chi connectivity index (χ3v) is 6.51. The maximum absolute atomic E-state index is 12.6. The molecule has 1 saturated heterocycles. The number of nitrogens with zero attached hydrogens (tertiary/aromatic N) is 5. The third kappa shape index (κ3) is 6.22. The molecule has 3 aromatic rings. The lowest BCUT2D eigenvalue weighted by molar-refractivity contribution is -0.127. The molecular weight excluding hydrogens is 468 g/mol. The Morgan fingerprint density at radius 2 is 1.97 bits per heavy atom. The van der Waals surface area contributed by atoms with Gasteiger partial charge in [0.15, 0.2) is 5.69 Å². The lowest BCUT2D eigenvalue weighted by Crippen LogP contribution is -2.41. The number of likely N-dealkylation sites (tertiary alicyclic amines) is 1. The van der Waals surface area contributed by atoms with Gasteiger partial charge in [0, 0.05) is 44.2 Å². The first-order valence-electron chi connectivity index (χ1n) is 12.5. The third-order valence-electron chi connectivity index (χ3n) is 6.51. The zero-order valence-corrected chi connectivity index (χ0v) is 21.9. The largest absolute Gasteiger partial charge is 0.488 e. The van der Waals surface area contributed by atoms with Crippen molar-refractivity contribution >= 4 is 11.8 Å². The van der Waals surface area contributed by atoms with Gasteiger partial charge < -0.3 is 15.0 Å². The SMILES string of the molecule is C=CC(=O)N1CCC(Oc2cnccc2-c2ccc(CNC(=O)c3cn(C(C)(C)C)nn3)c(C)c2)CC1. The van der Waals surface area contributed by atoms with Crippen LogP contribution in [0.25, 0.3) is 11.1 Å². The molecule has 1 aliphatic rings. The Balaban J connectivity index is 1.41. The van der Waals surface area contributed by atoms with Gasteiger partial charge in [-0.3, -0.25) is 14.6 Å². The summed E-state index contributed by atoms with van der Waals surface area (Å²) in [6.07, 6.45) is 8.05. The molecule has 1 aliphatic heterocycles. The van der Waals surface area contributed by atoms with Gasteiger partial charge in [0.25, 0.3) is 5.91 Å². The van der Waals surface area contributed by atoms with Crippen molar-refractivity contribution in [3.05, 3.63) is 72.3 Å². The van der Waals surface area contributed by atoms with Gasteiger partial charge in [-0.25, -0.2) is 4.68 Å². The van der Waals surface area contributed by atoms with Crippen LogP contribution in [0.4, 0.5) is 0 Å². The lowest BCUT2D eigenvalue weighted by atomic mass is 9.99. The highest BCUT2D eigenvalue weighted by Crippen LogP contribution is 2.32. The second-order valence-electron chi connectivity index (χ2n) is 10.3. The first-order chi connectivity index (χ1) is 17.7. The van der Waals surface area contributed by atoms with E-state index in [1.807, 2.05) is 45.9 Å². The molecule has 194 valence electrons. The van der Waals surface area contributed by atoms with Gasteiger partial charge >= 0.3 is 0 Å². The van der Waals surface area contributed by atoms with Crippen molar-refractivity contribution in [1.82, 2.24) is 30.2 Å². The lowest BCUT2D eigenvalue weighted by Gasteiger charge is -2.31. The molecule has 2 amide bonds. The first kappa shape index (κ1) is 26.1. The van der Waals surface area contributed by atoms with Crippen molar-refractivity contribution in [2.75, 3.05) is 13.1 Å². The fraction of sp³-hybridized carbons (Fsp3) is 0.393. The number of aryl methyl sites for hydroxylation is 1. The van der Waals surface area contributed by atoms with E-state index in [0.717, 1.165) is 40.8 Å². The molecule has 0 radical (unpaired) electrons. The zero-order chi connectivity index (χ0) is 26.6. The van der Waals surface area contributed by atoms with Crippen LogP contribution in [-0.2, 0) is 16.9 Å². The van der Waals surface area contributed by atoms with Crippen LogP contribution in [0.3, 0.4) is 0 Å². The molecule has 1 aromatic carbocycles. The Labute approximate surface area is 217 Å². The molecule has 0 saturated carbocycles. The van der Waals surface area contributed by atoms with Gasteiger partial charge in [-0.2, -0.15) is 0 Å². The highest BCUT2D eigenvalue weighted by molar-refractivity contribution is 5.91. The molecule has 0 atom stereocenters. The number of rotatable bonds is 7. The van der Waals surface area contributed by atoms with Crippen LogP contribution < -0.4 is 10.1 Å². The second-order valence-corrected chi connectivity index (χ2v) is 10.3. The van der Waals surface area contributed by atoms with Crippen LogP contribution in [0, 0.1) is 6.92 Å². The van der Waals surface area contributed by atoms with Crippen molar-refractivity contribution in [2.24, 2.45) is 0 Å². The molecule has 1 fully saturated rings. The number of ether oxygens (including phenoxy) is 1. The second kappa shape index (κ2) is 10.9. The topological polar surface area (TPSA) is 102 Å². The number of carbonyl (C=O) groups excluding carboxylic acids is 2. The highest BCUT2D eigenvalue weighted by atomic mass is 16.5. The number of pyridine rings is 1. The molecular formula is C28H34N6O3. The average Bonchev–Trinajstić information content (AvgIpc) is 3.40. The Kier molecular flexibility index (Phi) is 7.71. The standard InChI is InChI=1S/C28H34N6O3/c1-6-26(35)33-13-10-22(11-14-33)37-25-17-29-12-9-23(25)20-7-8-21(19(2)15-20)16-30-27(36)24-18-34(32-31-24)28(3,4)5/h6-9,12,15,17-18,22H,1,10-11,13-14,16H2,2-5H3,(H,30,36). The molecule has 4 rings (SSSR count). The van der Waals surface area contributed by atoms with Crippen molar-refractivity contribution in [1.29, 1.82) is 0 Å². The predicted molar refractivity (Wildman–Crippen MR) is 141 cm³/mol. The van der Waals surface area contributed by atoms with Gasteiger partial charge in [-0.15, -0.1) is 5.10 Å². The molecule has 0 unspecified atom stereocenters. The molecule has 3 heterocycles. The van der Waals surface area contributed by atoms with E-state index >= 15 is 0 Å². The number of hydrogen-bond acceptors (Lipinski definition) is 6. The first-order valence-corrected chi connectivity index (χ1v) is 12.5. The predicted octanol–water partition coefficient (Wildman–Crippen LogP) is 3.89. The van der Waals surface area contributed by atoms with Crippen LogP contribution in [0.15, 0.2) is 55.5 Å². The smallest absolute Gasteiger partial charge is 0.273 e. The minimum absolute atomic E-state index is 0.0173. The molecule has 2 aromatic heterocycles. The van der Waals surface area contributed by atoms with E-state index in [4.69, 9.17) is 4.74 Å². The van der Waals surface area contributed by atoms with Gasteiger partial charge in [0.05, 0.1) is 17.9 Å². The molecule has 0 aliphatic carbocycles. The number of benzene rings is 1. The number of amides is 2. The van der Waals surface area contributed by atoms with Gasteiger partial charge in [-0.1, -0.05) is 30.0 Å². The average molecular weight is 503 g/mol. The summed E-state index contributed by atoms with van der Waals surface area (Å²) in [5.41, 5.74) is 4.08. The molecule has 9 heteroatoms. The van der Waals surface area contributed by atoms with Crippen molar-refractivity contribution in [3.8, 4) is 16.9 Å². The summed E-state index contributed by atoms with van der Waals surface area (Å²) in [5.74, 6) is 0.423. The van der Waals surface area contributed by atoms with Crippen LogP contribution in [0.2, 0.25) is 0 Å². The summed E-state index contributed by atoms with van der Waals surface area (Å²) in [4.78, 5) is 30.5. The van der Waals surface area contributed by atoms with E-state index in [2.05, 4.69) is 33.3 Å². The molecule has 0 bridgehead atoms. The Morgan fingerprint density at radius 1 is 1.22 bits per heavy atom. The maximum atomic E-state index is 12.6. The van der Waals surface area contributed by atoms with Crippen LogP contribution >= 0.6 is 0 Å². The highest BCUT2D eigenvalue weighted by Gasteiger charge is 2.24. The number of hydrogen-bond donors (Lipinski definition) is 1. The number of piperidine rings is 1. The maximum Gasteiger partial charge on any atom is 0.273 e. The van der Waals surface area contributed by atoms with E-state index in [0.29, 0.717) is 25.3 Å². The summed E-state index contributed by atoms with van der Waals surface area (Å²) in [6, 6.07) is 8.07. The normalized spacial score (nSPS) is 14.3. The summed E-state index contributed by atoms with van der Waals surface area (Å²) in [5, 5.41) is 11.0. The summed E-state index contributed by atoms with van der Waals surface area (Å²) < 4.78 is 8.01. The van der Waals surface area contributed by atoms with E-state index < -0.39 is 0 Å². The van der Waals surface area contributed by atoms with E-state index in [1.54, 1.807) is 28.2 Å². The van der Waals surface area contributed by atoms with Crippen molar-refractivity contribution in [3.63, 3.8) is 0 Å². The Bertz CT molecular complexity index is 1290. The summed E-state index contributed by atoms with van der Waals surface area (Å²) in [7, 11) is 0. The van der Waals surface area contributed by atoms with Crippen LogP contribution in [0.1, 0.15) is 55.2 Å². The molecule has 37 heavy (non-hydrogen) atoms. The fourth-order valence-corrected chi connectivity index (χ4v) is 4.24. The van der Waals surface area contributed by atoms with Crippen LogP contribution in [0.5, 0.6) is 5.75 Å². The fourth-order valence-electron chi connectivity index (χ4n) is 4.24. The number of aromatic nitrogens is 4. The zero-order valence-electron chi connectivity index (χ0n) is 21.9.